The summed E-state index contributed by atoms with van der Waals surface area (Å²) in [7, 11) is 0. The molecule has 0 atom stereocenters. The minimum Gasteiger partial charge on any atom is -0.367 e. The predicted octanol–water partition coefficient (Wildman–Crippen LogP) is 2.69. The van der Waals surface area contributed by atoms with Gasteiger partial charge in [-0.1, -0.05) is 18.2 Å². The van der Waals surface area contributed by atoms with Crippen molar-refractivity contribution in [1.29, 1.82) is 0 Å². The van der Waals surface area contributed by atoms with Crippen LogP contribution in [0.1, 0.15) is 33.6 Å². The zero-order chi connectivity index (χ0) is 14.7. The van der Waals surface area contributed by atoms with Crippen LogP contribution in [0.5, 0.6) is 0 Å². The summed E-state index contributed by atoms with van der Waals surface area (Å²) in [4.78, 5) is 14.9. The Morgan fingerprint density at radius 2 is 2.14 bits per heavy atom. The van der Waals surface area contributed by atoms with E-state index in [1.165, 1.54) is 35.4 Å². The number of aryl methyl sites for hydroxylation is 1. The van der Waals surface area contributed by atoms with Gasteiger partial charge in [0.05, 0.1) is 4.88 Å². The highest BCUT2D eigenvalue weighted by atomic mass is 32.1. The molecule has 1 aliphatic heterocycles. The van der Waals surface area contributed by atoms with Gasteiger partial charge in [0, 0.05) is 18.8 Å². The maximum absolute atomic E-state index is 11.8. The van der Waals surface area contributed by atoms with Crippen molar-refractivity contribution < 1.29 is 4.79 Å². The molecule has 0 spiro atoms. The lowest BCUT2D eigenvalue weighted by atomic mass is 10.1. The molecule has 2 heterocycles. The van der Waals surface area contributed by atoms with Crippen molar-refractivity contribution in [2.45, 2.75) is 25.8 Å². The minimum atomic E-state index is -0.205. The van der Waals surface area contributed by atoms with Gasteiger partial charge in [0.1, 0.15) is 0 Å². The standard InChI is InChI=1S/C16H19N3OS/c17-18-16(20)15-13(8-10-21-15)11-19-9-4-3-6-12-5-1-2-7-14(12)19/h1-2,5,7-8,10H,3-4,6,9,11,17H2,(H,18,20). The number of nitrogens with zero attached hydrogens (tertiary/aromatic N) is 1. The molecule has 5 heteroatoms. The first-order valence-electron chi connectivity index (χ1n) is 7.20. The second-order valence-electron chi connectivity index (χ2n) is 5.26. The molecule has 1 aromatic heterocycles. The number of anilines is 1. The van der Waals surface area contributed by atoms with Gasteiger partial charge in [0.15, 0.2) is 0 Å². The van der Waals surface area contributed by atoms with Gasteiger partial charge in [-0.25, -0.2) is 5.84 Å². The number of carbonyl (C=O) groups excluding carboxylic acids is 1. The van der Waals surface area contributed by atoms with Crippen LogP contribution in [0.4, 0.5) is 5.69 Å². The third-order valence-corrected chi connectivity index (χ3v) is 4.86. The monoisotopic (exact) mass is 301 g/mol. The summed E-state index contributed by atoms with van der Waals surface area (Å²) in [6, 6.07) is 10.6. The van der Waals surface area contributed by atoms with Crippen LogP contribution in [0.3, 0.4) is 0 Å². The third-order valence-electron chi connectivity index (χ3n) is 3.90. The Kier molecular flexibility index (Phi) is 4.22. The van der Waals surface area contributed by atoms with Gasteiger partial charge < -0.3 is 4.90 Å². The number of hydrogen-bond donors (Lipinski definition) is 2. The molecule has 1 amide bonds. The number of carbonyl (C=O) groups is 1. The summed E-state index contributed by atoms with van der Waals surface area (Å²) >= 11 is 1.44. The molecule has 1 aliphatic rings. The van der Waals surface area contributed by atoms with E-state index < -0.39 is 0 Å². The summed E-state index contributed by atoms with van der Waals surface area (Å²) in [6.07, 6.45) is 3.52. The second kappa shape index (κ2) is 6.28. The highest BCUT2D eigenvalue weighted by Gasteiger charge is 2.18. The van der Waals surface area contributed by atoms with Crippen LogP contribution < -0.4 is 16.2 Å². The smallest absolute Gasteiger partial charge is 0.275 e. The van der Waals surface area contributed by atoms with Crippen molar-refractivity contribution >= 4 is 22.9 Å². The molecule has 0 fully saturated rings. The molecule has 0 radical (unpaired) electrons. The summed E-state index contributed by atoms with van der Waals surface area (Å²) in [5.41, 5.74) is 5.96. The minimum absolute atomic E-state index is 0.205. The molecule has 3 rings (SSSR count). The number of para-hydroxylation sites is 1. The fraction of sp³-hybridized carbons (Fsp3) is 0.312. The normalized spacial score (nSPS) is 14.4. The molecule has 0 saturated carbocycles. The van der Waals surface area contributed by atoms with Gasteiger partial charge in [0.2, 0.25) is 0 Å². The van der Waals surface area contributed by atoms with Crippen molar-refractivity contribution in [2.24, 2.45) is 5.84 Å². The molecular weight excluding hydrogens is 282 g/mol. The van der Waals surface area contributed by atoms with Crippen LogP contribution in [0.15, 0.2) is 35.7 Å². The lowest BCUT2D eigenvalue weighted by molar-refractivity contribution is 0.0957. The Balaban J connectivity index is 1.88. The van der Waals surface area contributed by atoms with E-state index in [1.54, 1.807) is 0 Å². The van der Waals surface area contributed by atoms with E-state index in [0.29, 0.717) is 4.88 Å². The van der Waals surface area contributed by atoms with Crippen molar-refractivity contribution in [2.75, 3.05) is 11.4 Å². The van der Waals surface area contributed by atoms with E-state index in [4.69, 9.17) is 5.84 Å². The first-order valence-corrected chi connectivity index (χ1v) is 8.07. The van der Waals surface area contributed by atoms with Crippen LogP contribution in [0, 0.1) is 0 Å². The van der Waals surface area contributed by atoms with E-state index in [0.717, 1.165) is 25.1 Å². The van der Waals surface area contributed by atoms with Crippen LogP contribution in [-0.2, 0) is 13.0 Å². The molecule has 0 saturated heterocycles. The first-order chi connectivity index (χ1) is 10.3. The molecule has 110 valence electrons. The van der Waals surface area contributed by atoms with E-state index in [-0.39, 0.29) is 5.91 Å². The van der Waals surface area contributed by atoms with Crippen LogP contribution in [-0.4, -0.2) is 12.5 Å². The third kappa shape index (κ3) is 2.94. The fourth-order valence-corrected chi connectivity index (χ4v) is 3.68. The fourth-order valence-electron chi connectivity index (χ4n) is 2.86. The topological polar surface area (TPSA) is 58.4 Å². The first kappa shape index (κ1) is 14.1. The lowest BCUT2D eigenvalue weighted by Crippen LogP contribution is -2.31. The molecule has 0 bridgehead atoms. The van der Waals surface area contributed by atoms with Crippen LogP contribution in [0.25, 0.3) is 0 Å². The maximum Gasteiger partial charge on any atom is 0.275 e. The number of fused-ring (bicyclic) bond motifs is 1. The number of nitrogens with one attached hydrogen (secondary N) is 1. The summed E-state index contributed by atoms with van der Waals surface area (Å²) < 4.78 is 0. The molecule has 4 nitrogen and oxygen atoms in total. The highest BCUT2D eigenvalue weighted by Crippen LogP contribution is 2.29. The van der Waals surface area contributed by atoms with E-state index in [1.807, 2.05) is 11.4 Å². The molecule has 0 unspecified atom stereocenters. The van der Waals surface area contributed by atoms with Crippen molar-refractivity contribution in [3.63, 3.8) is 0 Å². The Labute approximate surface area is 128 Å². The van der Waals surface area contributed by atoms with Gasteiger partial charge in [-0.2, -0.15) is 0 Å². The SMILES string of the molecule is NNC(=O)c1sccc1CN1CCCCc2ccccc21. The Bertz CT molecular complexity index is 638. The quantitative estimate of drug-likeness (QED) is 0.520. The largest absolute Gasteiger partial charge is 0.367 e. The number of hydrogen-bond acceptors (Lipinski definition) is 4. The van der Waals surface area contributed by atoms with Crippen LogP contribution >= 0.6 is 11.3 Å². The molecule has 1 aromatic carbocycles. The Hall–Kier alpha value is -1.85. The molecule has 21 heavy (non-hydrogen) atoms. The van der Waals surface area contributed by atoms with Crippen LogP contribution in [0.2, 0.25) is 0 Å². The second-order valence-corrected chi connectivity index (χ2v) is 6.17. The zero-order valence-electron chi connectivity index (χ0n) is 11.8. The average Bonchev–Trinajstić information content (AvgIpc) is 2.88. The summed E-state index contributed by atoms with van der Waals surface area (Å²) in [6.45, 7) is 1.78. The van der Waals surface area contributed by atoms with Gasteiger partial charge in [0.25, 0.3) is 5.91 Å². The van der Waals surface area contributed by atoms with Crippen molar-refractivity contribution in [3.05, 3.63) is 51.7 Å². The molecular formula is C16H19N3OS. The number of thiophene rings is 1. The summed E-state index contributed by atoms with van der Waals surface area (Å²) in [5, 5.41) is 1.95. The van der Waals surface area contributed by atoms with E-state index >= 15 is 0 Å². The Morgan fingerprint density at radius 3 is 3.00 bits per heavy atom. The van der Waals surface area contributed by atoms with E-state index in [9.17, 15) is 4.79 Å². The molecule has 3 N–H and O–H groups in total. The zero-order valence-corrected chi connectivity index (χ0v) is 12.7. The number of benzene rings is 1. The lowest BCUT2D eigenvalue weighted by Gasteiger charge is -2.25. The van der Waals surface area contributed by atoms with Gasteiger partial charge in [-0.3, -0.25) is 10.2 Å². The van der Waals surface area contributed by atoms with Crippen molar-refractivity contribution in [1.82, 2.24) is 5.43 Å². The maximum atomic E-state index is 11.8. The number of rotatable bonds is 3. The van der Waals surface area contributed by atoms with Crippen molar-refractivity contribution in [3.8, 4) is 0 Å². The Morgan fingerprint density at radius 1 is 1.29 bits per heavy atom. The van der Waals surface area contributed by atoms with E-state index in [2.05, 4.69) is 34.6 Å². The number of hydrazine groups is 1. The molecule has 0 aliphatic carbocycles. The molecule has 2 aromatic rings. The number of amides is 1. The number of nitrogen functional groups attached to an aromatic ring is 1. The van der Waals surface area contributed by atoms with Gasteiger partial charge in [-0.15, -0.1) is 11.3 Å². The predicted molar refractivity (Wildman–Crippen MR) is 86.4 cm³/mol. The van der Waals surface area contributed by atoms with Gasteiger partial charge >= 0.3 is 0 Å². The summed E-state index contributed by atoms with van der Waals surface area (Å²) in [5.74, 6) is 5.05. The highest BCUT2D eigenvalue weighted by molar-refractivity contribution is 7.12. The number of nitrogens with two attached hydrogens (primary N) is 1. The average molecular weight is 301 g/mol. The van der Waals surface area contributed by atoms with Gasteiger partial charge in [-0.05, 0) is 47.9 Å².